The molecule has 0 bridgehead atoms. The topological polar surface area (TPSA) is 83.6 Å². The van der Waals surface area contributed by atoms with Gasteiger partial charge < -0.3 is 15.7 Å². The summed E-state index contributed by atoms with van der Waals surface area (Å²) in [5.41, 5.74) is 5.12. The molecule has 76 valence electrons. The van der Waals surface area contributed by atoms with Crippen LogP contribution in [-0.2, 0) is 9.59 Å². The molecule has 0 radical (unpaired) electrons. The first-order chi connectivity index (χ1) is 5.91. The van der Waals surface area contributed by atoms with Crippen molar-refractivity contribution in [2.45, 2.75) is 19.9 Å². The normalized spacial score (nSPS) is 12.7. The number of carbonyl (C=O) groups excluding carboxylic acids is 2. The summed E-state index contributed by atoms with van der Waals surface area (Å²) in [5, 5.41) is 8.57. The van der Waals surface area contributed by atoms with Gasteiger partial charge in [-0.3, -0.25) is 9.59 Å². The van der Waals surface area contributed by atoms with E-state index in [4.69, 9.17) is 10.8 Å². The van der Waals surface area contributed by atoms with E-state index in [-0.39, 0.29) is 5.92 Å². The highest BCUT2D eigenvalue weighted by atomic mass is 16.3. The molecule has 0 aromatic rings. The fraction of sp³-hybridized carbons (Fsp3) is 0.750. The summed E-state index contributed by atoms with van der Waals surface area (Å²) < 4.78 is 0. The van der Waals surface area contributed by atoms with Crippen LogP contribution in [0.4, 0.5) is 0 Å². The molecular formula is C8H16N2O3. The number of rotatable bonds is 4. The van der Waals surface area contributed by atoms with Gasteiger partial charge in [-0.1, -0.05) is 13.8 Å². The lowest BCUT2D eigenvalue weighted by atomic mass is 10.0. The van der Waals surface area contributed by atoms with E-state index in [9.17, 15) is 9.59 Å². The van der Waals surface area contributed by atoms with E-state index in [2.05, 4.69) is 0 Å². The zero-order valence-electron chi connectivity index (χ0n) is 8.15. The minimum Gasteiger partial charge on any atom is -0.387 e. The number of hydrogen-bond acceptors (Lipinski definition) is 3. The van der Waals surface area contributed by atoms with Crippen LogP contribution in [0.5, 0.6) is 0 Å². The van der Waals surface area contributed by atoms with Crippen LogP contribution in [0.2, 0.25) is 0 Å². The molecule has 0 spiro atoms. The highest BCUT2D eigenvalue weighted by molar-refractivity contribution is 5.87. The molecule has 0 aromatic carbocycles. The Hall–Kier alpha value is -1.10. The van der Waals surface area contributed by atoms with Crippen LogP contribution >= 0.6 is 0 Å². The van der Waals surface area contributed by atoms with Crippen LogP contribution in [-0.4, -0.2) is 41.5 Å². The second-order valence-corrected chi connectivity index (χ2v) is 3.25. The molecule has 0 rings (SSSR count). The molecule has 0 heterocycles. The van der Waals surface area contributed by atoms with Crippen molar-refractivity contribution in [2.24, 2.45) is 11.7 Å². The monoisotopic (exact) mass is 188 g/mol. The predicted molar refractivity (Wildman–Crippen MR) is 47.7 cm³/mol. The summed E-state index contributed by atoms with van der Waals surface area (Å²) in [4.78, 5) is 23.2. The largest absolute Gasteiger partial charge is 0.387 e. The van der Waals surface area contributed by atoms with Gasteiger partial charge in [0.15, 0.2) is 0 Å². The number of aliphatic hydroxyl groups is 1. The molecule has 0 aliphatic heterocycles. The van der Waals surface area contributed by atoms with Gasteiger partial charge in [-0.25, -0.2) is 0 Å². The van der Waals surface area contributed by atoms with Crippen LogP contribution in [0.15, 0.2) is 0 Å². The Balaban J connectivity index is 4.55. The summed E-state index contributed by atoms with van der Waals surface area (Å²) in [6.07, 6.45) is 0. The Labute approximate surface area is 77.5 Å². The third-order valence-corrected chi connectivity index (χ3v) is 1.87. The van der Waals surface area contributed by atoms with Gasteiger partial charge in [0.1, 0.15) is 12.6 Å². The minimum atomic E-state index is -0.653. The Kier molecular flexibility index (Phi) is 4.40. The predicted octanol–water partition coefficient (Wildman–Crippen LogP) is -1.05. The smallest absolute Gasteiger partial charge is 0.248 e. The van der Waals surface area contributed by atoms with Crippen molar-refractivity contribution in [3.8, 4) is 0 Å². The van der Waals surface area contributed by atoms with E-state index in [1.807, 2.05) is 0 Å². The zero-order valence-corrected chi connectivity index (χ0v) is 8.15. The number of nitrogens with two attached hydrogens (primary N) is 1. The van der Waals surface area contributed by atoms with Crippen molar-refractivity contribution < 1.29 is 14.7 Å². The van der Waals surface area contributed by atoms with Gasteiger partial charge in [0, 0.05) is 7.05 Å². The van der Waals surface area contributed by atoms with Gasteiger partial charge in [-0.2, -0.15) is 0 Å². The third-order valence-electron chi connectivity index (χ3n) is 1.87. The van der Waals surface area contributed by atoms with Crippen LogP contribution in [0.25, 0.3) is 0 Å². The van der Waals surface area contributed by atoms with E-state index in [1.165, 1.54) is 11.9 Å². The first kappa shape index (κ1) is 11.9. The van der Waals surface area contributed by atoms with Crippen LogP contribution in [0, 0.1) is 5.92 Å². The van der Waals surface area contributed by atoms with Crippen molar-refractivity contribution in [2.75, 3.05) is 13.7 Å². The molecule has 0 aliphatic carbocycles. The number of carbonyl (C=O) groups is 2. The summed E-state index contributed by atoms with van der Waals surface area (Å²) >= 11 is 0. The number of primary amides is 1. The first-order valence-corrected chi connectivity index (χ1v) is 4.07. The highest BCUT2D eigenvalue weighted by Crippen LogP contribution is 2.08. The molecular weight excluding hydrogens is 172 g/mol. The molecule has 3 N–H and O–H groups in total. The third kappa shape index (κ3) is 3.02. The van der Waals surface area contributed by atoms with E-state index in [0.717, 1.165) is 0 Å². The van der Waals surface area contributed by atoms with Crippen molar-refractivity contribution in [3.05, 3.63) is 0 Å². The van der Waals surface area contributed by atoms with Crippen molar-refractivity contribution >= 4 is 11.8 Å². The summed E-state index contributed by atoms with van der Waals surface area (Å²) in [5.74, 6) is -1.12. The molecule has 0 saturated carbocycles. The number of amides is 2. The highest BCUT2D eigenvalue weighted by Gasteiger charge is 2.27. The van der Waals surface area contributed by atoms with E-state index in [0.29, 0.717) is 0 Å². The van der Waals surface area contributed by atoms with Gasteiger partial charge in [0.2, 0.25) is 11.8 Å². The lowest BCUT2D eigenvalue weighted by Crippen LogP contribution is -2.49. The second kappa shape index (κ2) is 4.81. The van der Waals surface area contributed by atoms with Gasteiger partial charge in [0.05, 0.1) is 0 Å². The molecule has 1 unspecified atom stereocenters. The molecule has 5 nitrogen and oxygen atoms in total. The molecule has 0 fully saturated rings. The SMILES string of the molecule is CC(C)C(C(N)=O)N(C)C(=O)CO. The minimum absolute atomic E-state index is 0.0574. The summed E-state index contributed by atoms with van der Waals surface area (Å²) in [6, 6.07) is -0.653. The van der Waals surface area contributed by atoms with E-state index < -0.39 is 24.5 Å². The molecule has 2 amide bonds. The molecule has 0 aliphatic rings. The molecule has 13 heavy (non-hydrogen) atoms. The zero-order chi connectivity index (χ0) is 10.6. The van der Waals surface area contributed by atoms with Gasteiger partial charge in [0.25, 0.3) is 0 Å². The fourth-order valence-electron chi connectivity index (χ4n) is 1.23. The van der Waals surface area contributed by atoms with Gasteiger partial charge in [-0.05, 0) is 5.92 Å². The maximum Gasteiger partial charge on any atom is 0.248 e. The maximum atomic E-state index is 11.0. The average Bonchev–Trinajstić information content (AvgIpc) is 2.01. The summed E-state index contributed by atoms with van der Waals surface area (Å²) in [7, 11) is 1.45. The van der Waals surface area contributed by atoms with Gasteiger partial charge >= 0.3 is 0 Å². The van der Waals surface area contributed by atoms with Crippen molar-refractivity contribution in [3.63, 3.8) is 0 Å². The Bertz CT molecular complexity index is 204. The lowest BCUT2D eigenvalue weighted by Gasteiger charge is -2.27. The van der Waals surface area contributed by atoms with Gasteiger partial charge in [-0.15, -0.1) is 0 Å². The number of likely N-dealkylation sites (N-methyl/N-ethyl adjacent to an activating group) is 1. The quantitative estimate of drug-likeness (QED) is 0.590. The van der Waals surface area contributed by atoms with E-state index in [1.54, 1.807) is 13.8 Å². The molecule has 1 atom stereocenters. The standard InChI is InChI=1S/C8H16N2O3/c1-5(2)7(8(9)13)10(3)6(12)4-11/h5,7,11H,4H2,1-3H3,(H2,9,13). The lowest BCUT2D eigenvalue weighted by molar-refractivity contribution is -0.141. The molecule has 5 heteroatoms. The number of aliphatic hydroxyl groups excluding tert-OH is 1. The Morgan fingerprint density at radius 1 is 1.46 bits per heavy atom. The fourth-order valence-corrected chi connectivity index (χ4v) is 1.23. The molecule has 0 saturated heterocycles. The Morgan fingerprint density at radius 2 is 1.92 bits per heavy atom. The van der Waals surface area contributed by atoms with Crippen molar-refractivity contribution in [1.29, 1.82) is 0 Å². The van der Waals surface area contributed by atoms with Crippen molar-refractivity contribution in [1.82, 2.24) is 4.90 Å². The summed E-state index contributed by atoms with van der Waals surface area (Å²) in [6.45, 7) is 2.97. The van der Waals surface area contributed by atoms with Crippen LogP contribution in [0.3, 0.4) is 0 Å². The van der Waals surface area contributed by atoms with E-state index >= 15 is 0 Å². The number of nitrogens with zero attached hydrogens (tertiary/aromatic N) is 1. The second-order valence-electron chi connectivity index (χ2n) is 3.25. The average molecular weight is 188 g/mol. The molecule has 0 aromatic heterocycles. The Morgan fingerprint density at radius 3 is 2.15 bits per heavy atom. The number of hydrogen-bond donors (Lipinski definition) is 2. The van der Waals surface area contributed by atoms with Crippen LogP contribution in [0.1, 0.15) is 13.8 Å². The van der Waals surface area contributed by atoms with Crippen LogP contribution < -0.4 is 5.73 Å². The maximum absolute atomic E-state index is 11.0. The first-order valence-electron chi connectivity index (χ1n) is 4.07.